The lowest BCUT2D eigenvalue weighted by molar-refractivity contribution is -0.144. The molecule has 0 spiro atoms. The zero-order chi connectivity index (χ0) is 30.9. The topological polar surface area (TPSA) is 108 Å². The number of aromatic hydroxyl groups is 1. The van der Waals surface area contributed by atoms with E-state index in [9.17, 15) is 19.5 Å². The molecule has 0 aromatic heterocycles. The van der Waals surface area contributed by atoms with E-state index in [1.807, 2.05) is 19.9 Å². The molecule has 2 aromatic rings. The molecule has 8 nitrogen and oxygen atoms in total. The van der Waals surface area contributed by atoms with Gasteiger partial charge >= 0.3 is 5.97 Å². The van der Waals surface area contributed by atoms with E-state index in [0.29, 0.717) is 73.7 Å². The maximum Gasteiger partial charge on any atom is 0.305 e. The number of hydrogen-bond acceptors (Lipinski definition) is 8. The first-order chi connectivity index (χ1) is 20.0. The summed E-state index contributed by atoms with van der Waals surface area (Å²) in [5.74, 6) is 1.36. The maximum atomic E-state index is 12.7. The van der Waals surface area contributed by atoms with Gasteiger partial charge in [0.15, 0.2) is 11.6 Å². The molecule has 0 aliphatic carbocycles. The SMILES string of the molecule is CCCc1c(OCCCOc2c(C(C)=O)cc3c(c2CCC)OC(C)(CCC(=O)OCC)CC3)ccc(C(C)=O)c1O. The lowest BCUT2D eigenvalue weighted by atomic mass is 9.85. The zero-order valence-corrected chi connectivity index (χ0v) is 26.0. The van der Waals surface area contributed by atoms with Gasteiger partial charge in [0.2, 0.25) is 0 Å². The summed E-state index contributed by atoms with van der Waals surface area (Å²) in [6, 6.07) is 5.21. The maximum absolute atomic E-state index is 12.7. The van der Waals surface area contributed by atoms with E-state index >= 15 is 0 Å². The Morgan fingerprint density at radius 3 is 2.26 bits per heavy atom. The van der Waals surface area contributed by atoms with Gasteiger partial charge in [0.1, 0.15) is 28.6 Å². The fraction of sp³-hybridized carbons (Fsp3) is 0.559. The number of aryl methyl sites for hydroxylation is 1. The largest absolute Gasteiger partial charge is 0.507 e. The molecule has 0 saturated heterocycles. The Bertz CT molecular complexity index is 1280. The number of esters is 1. The molecule has 2 aromatic carbocycles. The summed E-state index contributed by atoms with van der Waals surface area (Å²) in [4.78, 5) is 36.6. The molecule has 1 atom stereocenters. The molecule has 0 radical (unpaired) electrons. The molecule has 1 aliphatic rings. The number of phenolic OH excluding ortho intramolecular Hbond substituents is 1. The van der Waals surface area contributed by atoms with Crippen molar-refractivity contribution in [1.29, 1.82) is 0 Å². The van der Waals surface area contributed by atoms with Crippen LogP contribution in [0.5, 0.6) is 23.0 Å². The van der Waals surface area contributed by atoms with Crippen molar-refractivity contribution in [1.82, 2.24) is 0 Å². The summed E-state index contributed by atoms with van der Waals surface area (Å²) in [5.41, 5.74) is 2.83. The Hall–Kier alpha value is -3.55. The molecule has 0 bridgehead atoms. The van der Waals surface area contributed by atoms with E-state index in [-0.39, 0.29) is 29.7 Å². The molecule has 1 N–H and O–H groups in total. The quantitative estimate of drug-likeness (QED) is 0.128. The molecule has 42 heavy (non-hydrogen) atoms. The average molecular weight is 583 g/mol. The summed E-state index contributed by atoms with van der Waals surface area (Å²) >= 11 is 0. The van der Waals surface area contributed by atoms with Gasteiger partial charge in [0.05, 0.1) is 30.9 Å². The van der Waals surface area contributed by atoms with Crippen LogP contribution in [0.15, 0.2) is 18.2 Å². The molecule has 8 heteroatoms. The summed E-state index contributed by atoms with van der Waals surface area (Å²) in [7, 11) is 0. The van der Waals surface area contributed by atoms with Crippen molar-refractivity contribution in [3.63, 3.8) is 0 Å². The molecule has 1 heterocycles. The Balaban J connectivity index is 1.77. The van der Waals surface area contributed by atoms with Crippen molar-refractivity contribution >= 4 is 17.5 Å². The first-order valence-electron chi connectivity index (χ1n) is 15.2. The number of benzene rings is 2. The third-order valence-corrected chi connectivity index (χ3v) is 7.63. The Morgan fingerprint density at radius 2 is 1.62 bits per heavy atom. The minimum atomic E-state index is -0.523. The highest BCUT2D eigenvalue weighted by Crippen LogP contribution is 2.44. The second-order valence-electron chi connectivity index (χ2n) is 11.2. The van der Waals surface area contributed by atoms with Crippen molar-refractivity contribution < 1.29 is 38.4 Å². The number of ketones is 2. The third-order valence-electron chi connectivity index (χ3n) is 7.63. The highest BCUT2D eigenvalue weighted by Gasteiger charge is 2.35. The Labute approximate surface area is 249 Å². The van der Waals surface area contributed by atoms with Crippen LogP contribution in [0.25, 0.3) is 0 Å². The molecule has 230 valence electrons. The second-order valence-corrected chi connectivity index (χ2v) is 11.2. The van der Waals surface area contributed by atoms with Crippen LogP contribution in [-0.4, -0.2) is 48.1 Å². The molecular weight excluding hydrogens is 536 g/mol. The molecule has 0 saturated carbocycles. The van der Waals surface area contributed by atoms with E-state index in [0.717, 1.165) is 42.6 Å². The van der Waals surface area contributed by atoms with Crippen molar-refractivity contribution in [3.8, 4) is 23.0 Å². The van der Waals surface area contributed by atoms with Gasteiger partial charge in [0, 0.05) is 24.0 Å². The van der Waals surface area contributed by atoms with Crippen LogP contribution < -0.4 is 14.2 Å². The Kier molecular flexibility index (Phi) is 11.8. The fourth-order valence-electron chi connectivity index (χ4n) is 5.40. The van der Waals surface area contributed by atoms with Crippen LogP contribution in [0.2, 0.25) is 0 Å². The highest BCUT2D eigenvalue weighted by atomic mass is 16.5. The summed E-state index contributed by atoms with van der Waals surface area (Å²) < 4.78 is 24.0. The van der Waals surface area contributed by atoms with E-state index < -0.39 is 5.60 Å². The monoisotopic (exact) mass is 582 g/mol. The van der Waals surface area contributed by atoms with Crippen LogP contribution in [0.4, 0.5) is 0 Å². The summed E-state index contributed by atoms with van der Waals surface area (Å²) in [6.45, 7) is 11.9. The highest BCUT2D eigenvalue weighted by molar-refractivity contribution is 5.98. The number of Topliss-reactive ketones (excluding diaryl/α,β-unsaturated/α-hetero) is 2. The van der Waals surface area contributed by atoms with Crippen LogP contribution in [0.3, 0.4) is 0 Å². The lowest BCUT2D eigenvalue weighted by Gasteiger charge is -2.37. The molecule has 1 unspecified atom stereocenters. The molecular formula is C34H46O8. The summed E-state index contributed by atoms with van der Waals surface area (Å²) in [6.07, 6.45) is 5.77. The van der Waals surface area contributed by atoms with Crippen molar-refractivity contribution in [2.24, 2.45) is 0 Å². The van der Waals surface area contributed by atoms with Crippen LogP contribution in [-0.2, 0) is 28.8 Å². The number of ether oxygens (including phenoxy) is 4. The van der Waals surface area contributed by atoms with Gasteiger partial charge in [0.25, 0.3) is 0 Å². The smallest absolute Gasteiger partial charge is 0.305 e. The minimum Gasteiger partial charge on any atom is -0.507 e. The number of hydrogen-bond donors (Lipinski definition) is 1. The van der Waals surface area contributed by atoms with Gasteiger partial charge in [-0.05, 0) is 83.6 Å². The van der Waals surface area contributed by atoms with Crippen LogP contribution in [0, 0.1) is 0 Å². The molecule has 3 rings (SSSR count). The van der Waals surface area contributed by atoms with Crippen LogP contribution >= 0.6 is 0 Å². The lowest BCUT2D eigenvalue weighted by Crippen LogP contribution is -2.37. The number of carbonyl (C=O) groups excluding carboxylic acids is 3. The second kappa shape index (κ2) is 15.1. The third kappa shape index (κ3) is 8.05. The average Bonchev–Trinajstić information content (AvgIpc) is 2.94. The number of phenols is 1. The molecule has 0 fully saturated rings. The molecule has 0 amide bonds. The number of carbonyl (C=O) groups is 3. The molecule has 1 aliphatic heterocycles. The van der Waals surface area contributed by atoms with Gasteiger partial charge < -0.3 is 24.1 Å². The predicted molar refractivity (Wildman–Crippen MR) is 161 cm³/mol. The predicted octanol–water partition coefficient (Wildman–Crippen LogP) is 6.98. The van der Waals surface area contributed by atoms with Gasteiger partial charge in [-0.1, -0.05) is 26.7 Å². The standard InChI is InChI=1S/C34H46O8/c1-7-11-26-29(14-13-25(22(4)35)31(26)38)40-19-10-20-41-33-27(12-8-2)32-24(21-28(33)23(5)36)15-17-34(6,42-32)18-16-30(37)39-9-3/h13-14,21,38H,7-12,15-20H2,1-6H3. The first kappa shape index (κ1) is 33.0. The first-order valence-corrected chi connectivity index (χ1v) is 15.2. The zero-order valence-electron chi connectivity index (χ0n) is 26.0. The van der Waals surface area contributed by atoms with Gasteiger partial charge in [-0.3, -0.25) is 14.4 Å². The normalized spacial score (nSPS) is 15.9. The van der Waals surface area contributed by atoms with E-state index in [2.05, 4.69) is 6.92 Å². The van der Waals surface area contributed by atoms with Gasteiger partial charge in [-0.15, -0.1) is 0 Å². The van der Waals surface area contributed by atoms with E-state index in [1.54, 1.807) is 26.0 Å². The van der Waals surface area contributed by atoms with Gasteiger partial charge in [-0.2, -0.15) is 0 Å². The Morgan fingerprint density at radius 1 is 0.952 bits per heavy atom. The fourth-order valence-corrected chi connectivity index (χ4v) is 5.40. The van der Waals surface area contributed by atoms with Crippen molar-refractivity contribution in [2.75, 3.05) is 19.8 Å². The summed E-state index contributed by atoms with van der Waals surface area (Å²) in [5, 5.41) is 10.6. The number of rotatable bonds is 16. The van der Waals surface area contributed by atoms with E-state index in [4.69, 9.17) is 18.9 Å². The minimum absolute atomic E-state index is 0.0169. The van der Waals surface area contributed by atoms with Crippen molar-refractivity contribution in [3.05, 3.63) is 46.0 Å². The van der Waals surface area contributed by atoms with Crippen molar-refractivity contribution in [2.45, 2.75) is 105 Å². The number of fused-ring (bicyclic) bond motifs is 1. The van der Waals surface area contributed by atoms with E-state index in [1.165, 1.54) is 6.92 Å². The van der Waals surface area contributed by atoms with Gasteiger partial charge in [-0.25, -0.2) is 0 Å². The van der Waals surface area contributed by atoms with Crippen LogP contribution in [0.1, 0.15) is 117 Å².